The van der Waals surface area contributed by atoms with Crippen LogP contribution < -0.4 is 5.32 Å². The number of carbonyl (C=O) groups excluding carboxylic acids is 1. The molecule has 0 radical (unpaired) electrons. The molecule has 0 unspecified atom stereocenters. The fourth-order valence-corrected chi connectivity index (χ4v) is 3.86. The van der Waals surface area contributed by atoms with Gasteiger partial charge in [-0.1, -0.05) is 59.0 Å². The second-order valence-electron chi connectivity index (χ2n) is 5.02. The topological polar surface area (TPSA) is 98.0 Å². The lowest BCUT2D eigenvalue weighted by Gasteiger charge is -2.02. The largest absolute Gasteiger partial charge is 0.296 e. The third-order valence-corrected chi connectivity index (χ3v) is 5.54. The second kappa shape index (κ2) is 8.26. The third-order valence-electron chi connectivity index (χ3n) is 3.25. The number of thioether (sulfide) groups is 1. The van der Waals surface area contributed by atoms with Gasteiger partial charge in [-0.25, -0.2) is 0 Å². The van der Waals surface area contributed by atoms with Crippen molar-refractivity contribution in [1.82, 2.24) is 10.2 Å². The van der Waals surface area contributed by atoms with Crippen LogP contribution in [0.1, 0.15) is 15.9 Å². The Morgan fingerprint density at radius 3 is 2.65 bits per heavy atom. The fourth-order valence-electron chi connectivity index (χ4n) is 2.03. The van der Waals surface area contributed by atoms with E-state index in [1.54, 1.807) is 6.07 Å². The molecule has 3 rings (SSSR count). The zero-order chi connectivity index (χ0) is 18.5. The van der Waals surface area contributed by atoms with Crippen LogP contribution in [0.15, 0.2) is 52.9 Å². The molecule has 0 saturated carbocycles. The summed E-state index contributed by atoms with van der Waals surface area (Å²) in [5.74, 6) is 0.0897. The van der Waals surface area contributed by atoms with E-state index in [-0.39, 0.29) is 16.4 Å². The molecular weight excluding hydrogens is 396 g/mol. The first-order chi connectivity index (χ1) is 12.5. The number of para-hydroxylation sites is 1. The Morgan fingerprint density at radius 1 is 1.19 bits per heavy atom. The van der Waals surface area contributed by atoms with Crippen molar-refractivity contribution in [2.24, 2.45) is 0 Å². The van der Waals surface area contributed by atoms with Gasteiger partial charge in [0, 0.05) is 16.8 Å². The van der Waals surface area contributed by atoms with Crippen molar-refractivity contribution in [1.29, 1.82) is 0 Å². The van der Waals surface area contributed by atoms with Crippen LogP contribution in [0, 0.1) is 10.1 Å². The van der Waals surface area contributed by atoms with Crippen molar-refractivity contribution in [3.8, 4) is 0 Å². The first kappa shape index (κ1) is 18.3. The lowest BCUT2D eigenvalue weighted by Crippen LogP contribution is -2.13. The van der Waals surface area contributed by atoms with Crippen LogP contribution in [0.3, 0.4) is 0 Å². The molecule has 26 heavy (non-hydrogen) atoms. The number of aromatic nitrogens is 2. The van der Waals surface area contributed by atoms with Crippen LogP contribution >= 0.6 is 34.7 Å². The number of amides is 1. The van der Waals surface area contributed by atoms with Gasteiger partial charge in [-0.15, -0.1) is 10.2 Å². The van der Waals surface area contributed by atoms with Crippen molar-refractivity contribution in [3.05, 3.63) is 74.8 Å². The SMILES string of the molecule is O=C(Nc1nnc(SCc2ccc(Cl)cc2)s1)c1ccccc1[N+](=O)[O-]. The van der Waals surface area contributed by atoms with E-state index in [4.69, 9.17) is 11.6 Å². The van der Waals surface area contributed by atoms with Gasteiger partial charge >= 0.3 is 0 Å². The Hall–Kier alpha value is -2.49. The number of nitrogens with one attached hydrogen (secondary N) is 1. The van der Waals surface area contributed by atoms with E-state index in [0.29, 0.717) is 15.1 Å². The molecule has 7 nitrogen and oxygen atoms in total. The van der Waals surface area contributed by atoms with Crippen molar-refractivity contribution in [2.45, 2.75) is 10.1 Å². The molecule has 1 N–H and O–H groups in total. The molecule has 1 aromatic heterocycles. The van der Waals surface area contributed by atoms with E-state index < -0.39 is 10.8 Å². The summed E-state index contributed by atoms with van der Waals surface area (Å²) in [5, 5.41) is 22.4. The van der Waals surface area contributed by atoms with Crippen LogP contribution in [0.25, 0.3) is 0 Å². The minimum atomic E-state index is -0.595. The highest BCUT2D eigenvalue weighted by Gasteiger charge is 2.20. The van der Waals surface area contributed by atoms with Gasteiger partial charge in [-0.05, 0) is 23.8 Å². The average molecular weight is 407 g/mol. The molecular formula is C16H11ClN4O3S2. The van der Waals surface area contributed by atoms with Gasteiger partial charge in [-0.2, -0.15) is 0 Å². The maximum Gasteiger partial charge on any atom is 0.282 e. The van der Waals surface area contributed by atoms with Gasteiger partial charge in [0.2, 0.25) is 5.13 Å². The van der Waals surface area contributed by atoms with Gasteiger partial charge in [0.05, 0.1) is 4.92 Å². The number of anilines is 1. The van der Waals surface area contributed by atoms with Crippen molar-refractivity contribution in [2.75, 3.05) is 5.32 Å². The molecule has 0 bridgehead atoms. The molecule has 2 aromatic carbocycles. The van der Waals surface area contributed by atoms with E-state index in [2.05, 4.69) is 15.5 Å². The molecule has 0 aliphatic carbocycles. The zero-order valence-corrected chi connectivity index (χ0v) is 15.5. The molecule has 0 saturated heterocycles. The van der Waals surface area contributed by atoms with Crippen molar-refractivity contribution >= 4 is 51.4 Å². The van der Waals surface area contributed by atoms with Crippen LogP contribution in [0.2, 0.25) is 5.02 Å². The van der Waals surface area contributed by atoms with E-state index >= 15 is 0 Å². The maximum atomic E-state index is 12.3. The number of carbonyl (C=O) groups is 1. The number of nitro groups is 1. The normalized spacial score (nSPS) is 10.5. The van der Waals surface area contributed by atoms with Gasteiger partial charge < -0.3 is 0 Å². The summed E-state index contributed by atoms with van der Waals surface area (Å²) in [4.78, 5) is 22.7. The van der Waals surface area contributed by atoms with Gasteiger partial charge in [0.1, 0.15) is 5.56 Å². The molecule has 1 amide bonds. The summed E-state index contributed by atoms with van der Waals surface area (Å²) in [5.41, 5.74) is 0.801. The zero-order valence-electron chi connectivity index (χ0n) is 13.1. The predicted molar refractivity (Wildman–Crippen MR) is 102 cm³/mol. The third kappa shape index (κ3) is 4.57. The Kier molecular flexibility index (Phi) is 5.82. The van der Waals surface area contributed by atoms with Crippen molar-refractivity contribution < 1.29 is 9.72 Å². The molecule has 0 atom stereocenters. The van der Waals surface area contributed by atoms with E-state index in [9.17, 15) is 14.9 Å². The molecule has 0 aliphatic heterocycles. The number of hydrogen-bond donors (Lipinski definition) is 1. The molecule has 3 aromatic rings. The molecule has 1 heterocycles. The lowest BCUT2D eigenvalue weighted by molar-refractivity contribution is -0.385. The first-order valence-corrected chi connectivity index (χ1v) is 9.46. The molecule has 0 fully saturated rings. The number of nitrogens with zero attached hydrogens (tertiary/aromatic N) is 3. The second-order valence-corrected chi connectivity index (χ2v) is 7.65. The van der Waals surface area contributed by atoms with Gasteiger partial charge in [0.25, 0.3) is 11.6 Å². The van der Waals surface area contributed by atoms with Crippen LogP contribution in [-0.4, -0.2) is 21.0 Å². The lowest BCUT2D eigenvalue weighted by atomic mass is 10.1. The summed E-state index contributed by atoms with van der Waals surface area (Å²) in [6, 6.07) is 13.2. The summed E-state index contributed by atoms with van der Waals surface area (Å²) in [7, 11) is 0. The van der Waals surface area contributed by atoms with Gasteiger partial charge in [-0.3, -0.25) is 20.2 Å². The molecule has 132 valence electrons. The average Bonchev–Trinajstić information content (AvgIpc) is 3.08. The van der Waals surface area contributed by atoms with Crippen LogP contribution in [0.5, 0.6) is 0 Å². The minimum absolute atomic E-state index is 0.0249. The minimum Gasteiger partial charge on any atom is -0.296 e. The van der Waals surface area contributed by atoms with Crippen molar-refractivity contribution in [3.63, 3.8) is 0 Å². The predicted octanol–water partition coefficient (Wildman–Crippen LogP) is 4.64. The first-order valence-electron chi connectivity index (χ1n) is 7.28. The number of hydrogen-bond acceptors (Lipinski definition) is 7. The standard InChI is InChI=1S/C16H11ClN4O3S2/c17-11-7-5-10(6-8-11)9-25-16-20-19-15(26-16)18-14(22)12-3-1-2-4-13(12)21(23)24/h1-8H,9H2,(H,18,19,22). The van der Waals surface area contributed by atoms with E-state index in [1.807, 2.05) is 24.3 Å². The van der Waals surface area contributed by atoms with E-state index in [0.717, 1.165) is 5.56 Å². The Balaban J connectivity index is 1.64. The fraction of sp³-hybridized carbons (Fsp3) is 0.0625. The molecule has 0 aliphatic rings. The quantitative estimate of drug-likeness (QED) is 0.277. The van der Waals surface area contributed by atoms with E-state index in [1.165, 1.54) is 41.3 Å². The highest BCUT2D eigenvalue weighted by atomic mass is 35.5. The number of benzene rings is 2. The van der Waals surface area contributed by atoms with Crippen LogP contribution in [-0.2, 0) is 5.75 Å². The Morgan fingerprint density at radius 2 is 1.92 bits per heavy atom. The summed E-state index contributed by atoms with van der Waals surface area (Å²) in [6.07, 6.45) is 0. The Bertz CT molecular complexity index is 947. The number of rotatable bonds is 6. The molecule has 10 heteroatoms. The summed E-state index contributed by atoms with van der Waals surface area (Å²) >= 11 is 8.53. The summed E-state index contributed by atoms with van der Waals surface area (Å²) < 4.78 is 0.679. The van der Waals surface area contributed by atoms with Gasteiger partial charge in [0.15, 0.2) is 4.34 Å². The number of nitro benzene ring substituents is 1. The highest BCUT2D eigenvalue weighted by molar-refractivity contribution is 8.00. The highest BCUT2D eigenvalue weighted by Crippen LogP contribution is 2.29. The maximum absolute atomic E-state index is 12.3. The Labute approximate surface area is 161 Å². The molecule has 0 spiro atoms. The summed E-state index contributed by atoms with van der Waals surface area (Å²) in [6.45, 7) is 0. The monoisotopic (exact) mass is 406 g/mol. The smallest absolute Gasteiger partial charge is 0.282 e. The van der Waals surface area contributed by atoms with Crippen LogP contribution in [0.4, 0.5) is 10.8 Å². The number of halogens is 1.